The van der Waals surface area contributed by atoms with E-state index in [9.17, 15) is 9.59 Å². The van der Waals surface area contributed by atoms with E-state index in [2.05, 4.69) is 11.4 Å². The summed E-state index contributed by atoms with van der Waals surface area (Å²) in [6.07, 6.45) is 1.55. The molecule has 2 atom stereocenters. The highest BCUT2D eigenvalue weighted by atomic mass is 35.5. The highest BCUT2D eigenvalue weighted by molar-refractivity contribution is 6.31. The van der Waals surface area contributed by atoms with Crippen LogP contribution in [0.4, 0.5) is 0 Å². The van der Waals surface area contributed by atoms with Crippen LogP contribution in [0.5, 0.6) is 0 Å². The average molecular weight is 415 g/mol. The van der Waals surface area contributed by atoms with E-state index < -0.39 is 6.04 Å². The largest absolute Gasteiger partial charge is 0.352 e. The fourth-order valence-electron chi connectivity index (χ4n) is 3.27. The molecular weight excluding hydrogens is 384 g/mol. The third-order valence-corrected chi connectivity index (χ3v) is 5.49. The monoisotopic (exact) mass is 414 g/mol. The van der Waals surface area contributed by atoms with Crippen molar-refractivity contribution in [1.82, 2.24) is 10.2 Å². The molecule has 4 nitrogen and oxygen atoms in total. The lowest BCUT2D eigenvalue weighted by Crippen LogP contribution is -2.51. The molecule has 2 aromatic rings. The summed E-state index contributed by atoms with van der Waals surface area (Å²) in [5.74, 6) is -0.215. The smallest absolute Gasteiger partial charge is 0.243 e. The molecular formula is C24H31ClN2O2. The Hall–Kier alpha value is -2.33. The second-order valence-corrected chi connectivity index (χ2v) is 7.93. The van der Waals surface area contributed by atoms with Crippen molar-refractivity contribution in [3.8, 4) is 0 Å². The van der Waals surface area contributed by atoms with E-state index in [1.807, 2.05) is 64.1 Å². The Bertz CT molecular complexity index is 837. The first kappa shape index (κ1) is 23.0. The molecule has 1 N–H and O–H groups in total. The predicted molar refractivity (Wildman–Crippen MR) is 119 cm³/mol. The van der Waals surface area contributed by atoms with Crippen molar-refractivity contribution in [1.29, 1.82) is 0 Å². The molecule has 0 aliphatic heterocycles. The van der Waals surface area contributed by atoms with Crippen molar-refractivity contribution in [3.05, 3.63) is 70.2 Å². The van der Waals surface area contributed by atoms with Crippen molar-refractivity contribution < 1.29 is 9.59 Å². The molecule has 0 fully saturated rings. The van der Waals surface area contributed by atoms with E-state index in [4.69, 9.17) is 11.6 Å². The van der Waals surface area contributed by atoms with Gasteiger partial charge in [-0.15, -0.1) is 0 Å². The van der Waals surface area contributed by atoms with Gasteiger partial charge in [0.2, 0.25) is 11.8 Å². The number of hydrogen-bond acceptors (Lipinski definition) is 2. The molecule has 0 heterocycles. The summed E-state index contributed by atoms with van der Waals surface area (Å²) in [6, 6.07) is 14.9. The molecule has 0 aromatic heterocycles. The first-order chi connectivity index (χ1) is 13.8. The Balaban J connectivity index is 2.31. The summed E-state index contributed by atoms with van der Waals surface area (Å²) in [4.78, 5) is 27.9. The Morgan fingerprint density at radius 2 is 1.79 bits per heavy atom. The molecule has 0 saturated heterocycles. The van der Waals surface area contributed by atoms with Crippen LogP contribution in [0.2, 0.25) is 5.02 Å². The quantitative estimate of drug-likeness (QED) is 0.633. The molecule has 0 radical (unpaired) electrons. The minimum absolute atomic E-state index is 0.0658. The second-order valence-electron chi connectivity index (χ2n) is 7.52. The Kier molecular flexibility index (Phi) is 8.71. The van der Waals surface area contributed by atoms with E-state index in [0.29, 0.717) is 18.0 Å². The van der Waals surface area contributed by atoms with Gasteiger partial charge in [-0.3, -0.25) is 9.59 Å². The topological polar surface area (TPSA) is 49.4 Å². The van der Waals surface area contributed by atoms with Crippen LogP contribution >= 0.6 is 11.6 Å². The van der Waals surface area contributed by atoms with Gasteiger partial charge in [-0.2, -0.15) is 0 Å². The van der Waals surface area contributed by atoms with E-state index in [1.54, 1.807) is 11.0 Å². The maximum absolute atomic E-state index is 13.3. The molecule has 0 unspecified atom stereocenters. The van der Waals surface area contributed by atoms with Crippen molar-refractivity contribution >= 4 is 23.4 Å². The molecule has 5 heteroatoms. The van der Waals surface area contributed by atoms with Crippen LogP contribution in [0.3, 0.4) is 0 Å². The zero-order valence-electron chi connectivity index (χ0n) is 17.7. The lowest BCUT2D eigenvalue weighted by molar-refractivity contribution is -0.141. The summed E-state index contributed by atoms with van der Waals surface area (Å²) >= 11 is 6.27. The Morgan fingerprint density at radius 1 is 1.07 bits per heavy atom. The SMILES string of the molecule is CC[C@H](C)NC(=O)[C@H](CC)N(Cc1cccc(C)c1)C(=O)Cc1ccccc1Cl. The number of amides is 2. The summed E-state index contributed by atoms with van der Waals surface area (Å²) in [7, 11) is 0. The summed E-state index contributed by atoms with van der Waals surface area (Å²) in [5, 5.41) is 3.59. The zero-order chi connectivity index (χ0) is 21.4. The van der Waals surface area contributed by atoms with Gasteiger partial charge in [0.15, 0.2) is 0 Å². The molecule has 156 valence electrons. The van der Waals surface area contributed by atoms with Crippen LogP contribution < -0.4 is 5.32 Å². The molecule has 0 aliphatic rings. The van der Waals surface area contributed by atoms with Crippen LogP contribution in [0.25, 0.3) is 0 Å². The number of hydrogen-bond donors (Lipinski definition) is 1. The number of carbonyl (C=O) groups is 2. The van der Waals surface area contributed by atoms with Crippen LogP contribution in [-0.4, -0.2) is 28.8 Å². The lowest BCUT2D eigenvalue weighted by atomic mass is 10.1. The maximum Gasteiger partial charge on any atom is 0.243 e. The highest BCUT2D eigenvalue weighted by Gasteiger charge is 2.29. The summed E-state index contributed by atoms with van der Waals surface area (Å²) in [5.41, 5.74) is 2.90. The van der Waals surface area contributed by atoms with Gasteiger partial charge >= 0.3 is 0 Å². The number of aryl methyl sites for hydroxylation is 1. The first-order valence-corrected chi connectivity index (χ1v) is 10.6. The number of nitrogens with zero attached hydrogens (tertiary/aromatic N) is 1. The van der Waals surface area contributed by atoms with Crippen molar-refractivity contribution in [3.63, 3.8) is 0 Å². The van der Waals surface area contributed by atoms with Gasteiger partial charge in [-0.1, -0.05) is 73.5 Å². The summed E-state index contributed by atoms with van der Waals surface area (Å²) in [6.45, 7) is 8.34. The zero-order valence-corrected chi connectivity index (χ0v) is 18.5. The second kappa shape index (κ2) is 11.0. The van der Waals surface area contributed by atoms with Crippen LogP contribution in [0, 0.1) is 6.92 Å². The van der Waals surface area contributed by atoms with Gasteiger partial charge in [0.25, 0.3) is 0 Å². The van der Waals surface area contributed by atoms with Crippen molar-refractivity contribution in [2.45, 2.75) is 65.6 Å². The molecule has 2 amide bonds. The molecule has 0 saturated carbocycles. The maximum atomic E-state index is 13.3. The number of carbonyl (C=O) groups excluding carboxylic acids is 2. The van der Waals surface area contributed by atoms with Crippen LogP contribution in [-0.2, 0) is 22.6 Å². The predicted octanol–water partition coefficient (Wildman–Crippen LogP) is 4.91. The van der Waals surface area contributed by atoms with Gasteiger partial charge in [-0.05, 0) is 43.9 Å². The van der Waals surface area contributed by atoms with Crippen molar-refractivity contribution in [2.75, 3.05) is 0 Å². The Labute approximate surface area is 179 Å². The van der Waals surface area contributed by atoms with Gasteiger partial charge < -0.3 is 10.2 Å². The number of benzene rings is 2. The van der Waals surface area contributed by atoms with Crippen LogP contribution in [0.15, 0.2) is 48.5 Å². The third kappa shape index (κ3) is 6.60. The number of nitrogens with one attached hydrogen (secondary N) is 1. The van der Waals surface area contributed by atoms with Gasteiger partial charge in [0, 0.05) is 17.6 Å². The van der Waals surface area contributed by atoms with Gasteiger partial charge in [0.1, 0.15) is 6.04 Å². The van der Waals surface area contributed by atoms with E-state index in [0.717, 1.165) is 23.1 Å². The van der Waals surface area contributed by atoms with E-state index in [1.165, 1.54) is 0 Å². The molecule has 2 aromatic carbocycles. The van der Waals surface area contributed by atoms with E-state index in [-0.39, 0.29) is 24.3 Å². The standard InChI is InChI=1S/C24H31ClN2O2/c1-5-18(4)26-24(29)22(6-2)27(16-19-11-9-10-17(3)14-19)23(28)15-20-12-7-8-13-21(20)25/h7-14,18,22H,5-6,15-16H2,1-4H3,(H,26,29)/t18-,22-/m0/s1. The Morgan fingerprint density at radius 3 is 2.41 bits per heavy atom. The molecule has 0 aliphatic carbocycles. The van der Waals surface area contributed by atoms with E-state index >= 15 is 0 Å². The van der Waals surface area contributed by atoms with Gasteiger partial charge in [-0.25, -0.2) is 0 Å². The average Bonchev–Trinajstić information content (AvgIpc) is 2.69. The number of halogens is 1. The fourth-order valence-corrected chi connectivity index (χ4v) is 3.48. The first-order valence-electron chi connectivity index (χ1n) is 10.2. The van der Waals surface area contributed by atoms with Crippen molar-refractivity contribution in [2.24, 2.45) is 0 Å². The number of rotatable bonds is 9. The molecule has 29 heavy (non-hydrogen) atoms. The molecule has 2 rings (SSSR count). The van der Waals surface area contributed by atoms with Crippen LogP contribution in [0.1, 0.15) is 50.3 Å². The summed E-state index contributed by atoms with van der Waals surface area (Å²) < 4.78 is 0. The van der Waals surface area contributed by atoms with Gasteiger partial charge in [0.05, 0.1) is 6.42 Å². The normalized spacial score (nSPS) is 12.9. The minimum atomic E-state index is -0.528. The minimum Gasteiger partial charge on any atom is -0.352 e. The molecule has 0 bridgehead atoms. The highest BCUT2D eigenvalue weighted by Crippen LogP contribution is 2.19. The molecule has 0 spiro atoms. The fraction of sp³-hybridized carbons (Fsp3) is 0.417. The lowest BCUT2D eigenvalue weighted by Gasteiger charge is -2.31. The third-order valence-electron chi connectivity index (χ3n) is 5.12.